The highest BCUT2D eigenvalue weighted by Gasteiger charge is 2.43. The number of phenolic OH excluding ortho intramolecular Hbond substituents is 1. The summed E-state index contributed by atoms with van der Waals surface area (Å²) >= 11 is 5.65. The number of phenols is 1. The molecule has 0 spiro atoms. The van der Waals surface area contributed by atoms with Crippen LogP contribution in [0.15, 0.2) is 12.1 Å². The summed E-state index contributed by atoms with van der Waals surface area (Å²) in [5, 5.41) is 18.4. The number of carboxylic acid groups (broad SMARTS) is 1. The van der Waals surface area contributed by atoms with Crippen molar-refractivity contribution >= 4 is 17.6 Å². The Morgan fingerprint density at radius 2 is 1.89 bits per heavy atom. The molecule has 1 aromatic rings. The molecule has 0 aromatic heterocycles. The van der Waals surface area contributed by atoms with Crippen molar-refractivity contribution in [1.29, 1.82) is 0 Å². The molecule has 0 unspecified atom stereocenters. The van der Waals surface area contributed by atoms with E-state index in [-0.39, 0.29) is 11.3 Å². The molecule has 1 saturated carbocycles. The Bertz CT molecular complexity index is 481. The first kappa shape index (κ1) is 13.1. The number of aromatic hydroxyl groups is 1. The van der Waals surface area contributed by atoms with E-state index in [2.05, 4.69) is 0 Å². The zero-order valence-corrected chi connectivity index (χ0v) is 10.5. The number of aliphatic carboxylic acids is 1. The third kappa shape index (κ3) is 1.94. The van der Waals surface area contributed by atoms with Crippen molar-refractivity contribution in [3.8, 4) is 5.75 Å². The monoisotopic (exact) mass is 272 g/mol. The summed E-state index contributed by atoms with van der Waals surface area (Å²) in [5.74, 6) is -2.21. The van der Waals surface area contributed by atoms with Crippen LogP contribution in [-0.2, 0) is 10.2 Å². The molecule has 18 heavy (non-hydrogen) atoms. The van der Waals surface area contributed by atoms with Gasteiger partial charge in [0.25, 0.3) is 0 Å². The van der Waals surface area contributed by atoms with Crippen molar-refractivity contribution in [3.05, 3.63) is 28.5 Å². The lowest BCUT2D eigenvalue weighted by Gasteiger charge is -2.34. The topological polar surface area (TPSA) is 57.5 Å². The lowest BCUT2D eigenvalue weighted by Crippen LogP contribution is -2.38. The second-order valence-electron chi connectivity index (χ2n) is 4.71. The number of hydrogen-bond donors (Lipinski definition) is 2. The fourth-order valence-corrected chi connectivity index (χ4v) is 2.83. The van der Waals surface area contributed by atoms with Crippen molar-refractivity contribution in [1.82, 2.24) is 0 Å². The highest BCUT2D eigenvalue weighted by Crippen LogP contribution is 2.43. The molecule has 1 aliphatic rings. The Labute approximate surface area is 109 Å². The molecular formula is C13H14ClFO3. The number of hydrogen-bond acceptors (Lipinski definition) is 2. The first-order chi connectivity index (χ1) is 8.49. The van der Waals surface area contributed by atoms with Crippen LogP contribution in [0.3, 0.4) is 0 Å². The van der Waals surface area contributed by atoms with E-state index in [0.29, 0.717) is 12.8 Å². The fraction of sp³-hybridized carbons (Fsp3) is 0.462. The van der Waals surface area contributed by atoms with Crippen molar-refractivity contribution in [2.24, 2.45) is 0 Å². The summed E-state index contributed by atoms with van der Waals surface area (Å²) < 4.78 is 14.1. The standard InChI is InChI=1S/C13H14ClFO3/c14-10-9(16)5-4-8(11(10)15)13(12(17)18)6-2-1-3-7-13/h4-5,16H,1-3,6-7H2,(H,17,18). The molecule has 0 atom stereocenters. The summed E-state index contributed by atoms with van der Waals surface area (Å²) in [5.41, 5.74) is -1.13. The SMILES string of the molecule is O=C(O)C1(c2ccc(O)c(Cl)c2F)CCCCC1. The van der Waals surface area contributed by atoms with Crippen LogP contribution in [0.2, 0.25) is 5.02 Å². The van der Waals surface area contributed by atoms with Crippen LogP contribution in [0.25, 0.3) is 0 Å². The maximum Gasteiger partial charge on any atom is 0.314 e. The Kier molecular flexibility index (Phi) is 3.48. The highest BCUT2D eigenvalue weighted by molar-refractivity contribution is 6.32. The first-order valence-electron chi connectivity index (χ1n) is 5.90. The molecule has 2 N–H and O–H groups in total. The predicted octanol–water partition coefficient (Wildman–Crippen LogP) is 3.47. The molecule has 1 fully saturated rings. The van der Waals surface area contributed by atoms with E-state index < -0.39 is 22.2 Å². The maximum absolute atomic E-state index is 14.1. The van der Waals surface area contributed by atoms with E-state index in [0.717, 1.165) is 19.3 Å². The minimum atomic E-state index is -1.21. The Morgan fingerprint density at radius 3 is 2.44 bits per heavy atom. The second kappa shape index (κ2) is 4.76. The van der Waals surface area contributed by atoms with Gasteiger partial charge in [0.2, 0.25) is 0 Å². The summed E-state index contributed by atoms with van der Waals surface area (Å²) in [6.07, 6.45) is 3.28. The quantitative estimate of drug-likeness (QED) is 0.867. The summed E-state index contributed by atoms with van der Waals surface area (Å²) in [4.78, 5) is 11.6. The summed E-state index contributed by atoms with van der Waals surface area (Å²) in [6.45, 7) is 0. The molecule has 0 aliphatic heterocycles. The van der Waals surface area contributed by atoms with Gasteiger partial charge in [0.1, 0.15) is 16.6 Å². The third-order valence-corrected chi connectivity index (χ3v) is 4.05. The van der Waals surface area contributed by atoms with Gasteiger partial charge in [0.05, 0.1) is 5.41 Å². The highest BCUT2D eigenvalue weighted by atomic mass is 35.5. The van der Waals surface area contributed by atoms with Crippen LogP contribution in [0.4, 0.5) is 4.39 Å². The molecule has 98 valence electrons. The Hall–Kier alpha value is -1.29. The van der Waals surface area contributed by atoms with Gasteiger partial charge in [0, 0.05) is 5.56 Å². The molecule has 1 aliphatic carbocycles. The molecule has 0 saturated heterocycles. The van der Waals surface area contributed by atoms with Gasteiger partial charge in [-0.25, -0.2) is 4.39 Å². The molecule has 0 radical (unpaired) electrons. The third-order valence-electron chi connectivity index (χ3n) is 3.69. The van der Waals surface area contributed by atoms with Crippen LogP contribution in [-0.4, -0.2) is 16.2 Å². The van der Waals surface area contributed by atoms with E-state index >= 15 is 0 Å². The average Bonchev–Trinajstić information content (AvgIpc) is 2.37. The van der Waals surface area contributed by atoms with Gasteiger partial charge in [-0.15, -0.1) is 0 Å². The molecule has 3 nitrogen and oxygen atoms in total. The normalized spacial score (nSPS) is 18.6. The van der Waals surface area contributed by atoms with E-state index in [1.54, 1.807) is 0 Å². The molecule has 1 aromatic carbocycles. The van der Waals surface area contributed by atoms with E-state index in [4.69, 9.17) is 11.6 Å². The van der Waals surface area contributed by atoms with Crippen LogP contribution in [0.1, 0.15) is 37.7 Å². The smallest absolute Gasteiger partial charge is 0.314 e. The van der Waals surface area contributed by atoms with Gasteiger partial charge in [-0.1, -0.05) is 36.9 Å². The average molecular weight is 273 g/mol. The van der Waals surface area contributed by atoms with Gasteiger partial charge in [0.15, 0.2) is 0 Å². The van der Waals surface area contributed by atoms with Crippen LogP contribution in [0.5, 0.6) is 5.75 Å². The Morgan fingerprint density at radius 1 is 1.28 bits per heavy atom. The zero-order valence-electron chi connectivity index (χ0n) is 9.75. The molecule has 0 bridgehead atoms. The molecule has 5 heteroatoms. The summed E-state index contributed by atoms with van der Waals surface area (Å²) in [7, 11) is 0. The van der Waals surface area contributed by atoms with Crippen molar-refractivity contribution in [2.45, 2.75) is 37.5 Å². The number of benzene rings is 1. The van der Waals surface area contributed by atoms with Crippen molar-refractivity contribution < 1.29 is 19.4 Å². The van der Waals surface area contributed by atoms with Gasteiger partial charge in [-0.05, 0) is 18.9 Å². The molecule has 0 amide bonds. The number of carboxylic acids is 1. The number of carbonyl (C=O) groups is 1. The van der Waals surface area contributed by atoms with Gasteiger partial charge < -0.3 is 10.2 Å². The zero-order chi connectivity index (χ0) is 13.3. The number of halogens is 2. The maximum atomic E-state index is 14.1. The minimum absolute atomic E-state index is 0.0810. The Balaban J connectivity index is 2.56. The molecule has 0 heterocycles. The largest absolute Gasteiger partial charge is 0.506 e. The van der Waals surface area contributed by atoms with Crippen LogP contribution >= 0.6 is 11.6 Å². The lowest BCUT2D eigenvalue weighted by atomic mass is 9.69. The van der Waals surface area contributed by atoms with E-state index in [1.807, 2.05) is 0 Å². The van der Waals surface area contributed by atoms with Crippen LogP contribution < -0.4 is 0 Å². The molecular weight excluding hydrogens is 259 g/mol. The second-order valence-corrected chi connectivity index (χ2v) is 5.09. The van der Waals surface area contributed by atoms with E-state index in [1.165, 1.54) is 12.1 Å². The van der Waals surface area contributed by atoms with Crippen molar-refractivity contribution in [3.63, 3.8) is 0 Å². The number of rotatable bonds is 2. The predicted molar refractivity (Wildman–Crippen MR) is 65.5 cm³/mol. The van der Waals surface area contributed by atoms with Crippen LogP contribution in [0, 0.1) is 5.82 Å². The van der Waals surface area contributed by atoms with Crippen molar-refractivity contribution in [2.75, 3.05) is 0 Å². The van der Waals surface area contributed by atoms with E-state index in [9.17, 15) is 19.4 Å². The van der Waals surface area contributed by atoms with Gasteiger partial charge >= 0.3 is 5.97 Å². The van der Waals surface area contributed by atoms with Gasteiger partial charge in [-0.3, -0.25) is 4.79 Å². The van der Waals surface area contributed by atoms with Gasteiger partial charge in [-0.2, -0.15) is 0 Å². The fourth-order valence-electron chi connectivity index (χ4n) is 2.66. The molecule has 2 rings (SSSR count). The minimum Gasteiger partial charge on any atom is -0.506 e. The lowest BCUT2D eigenvalue weighted by molar-refractivity contribution is -0.145. The first-order valence-corrected chi connectivity index (χ1v) is 6.28. The summed E-state index contributed by atoms with van der Waals surface area (Å²) in [6, 6.07) is 2.58.